The van der Waals surface area contributed by atoms with Crippen molar-refractivity contribution in [1.29, 1.82) is 0 Å². The third-order valence-corrected chi connectivity index (χ3v) is 6.16. The highest BCUT2D eigenvalue weighted by Gasteiger charge is 2.18. The molecule has 2 rings (SSSR count). The Labute approximate surface area is 134 Å². The normalized spacial score (nSPS) is 11.8. The number of hydrogen-bond acceptors (Lipinski definition) is 4. The maximum absolute atomic E-state index is 12.3. The van der Waals surface area contributed by atoms with Gasteiger partial charge in [0.15, 0.2) is 0 Å². The third-order valence-electron chi connectivity index (χ3n) is 2.53. The molecule has 1 aromatic heterocycles. The molecule has 2 N–H and O–H groups in total. The molecule has 0 unspecified atom stereocenters. The number of thiophene rings is 1. The predicted molar refractivity (Wildman–Crippen MR) is 83.4 cm³/mol. The van der Waals surface area contributed by atoms with Crippen LogP contribution in [0.5, 0.6) is 0 Å². The van der Waals surface area contributed by atoms with Crippen LogP contribution in [-0.4, -0.2) is 13.5 Å². The quantitative estimate of drug-likeness (QED) is 0.816. The summed E-state index contributed by atoms with van der Waals surface area (Å²) in [6.45, 7) is -0.0359. The van der Waals surface area contributed by atoms with Gasteiger partial charge in [0, 0.05) is 15.9 Å². The zero-order valence-electron chi connectivity index (χ0n) is 10.1. The second-order valence-corrected chi connectivity index (χ2v) is 8.34. The summed E-state index contributed by atoms with van der Waals surface area (Å²) in [6.07, 6.45) is 0. The molecule has 4 nitrogen and oxygen atoms in total. The molecule has 108 valence electrons. The summed E-state index contributed by atoms with van der Waals surface area (Å²) in [5.41, 5.74) is 0.535. The lowest BCUT2D eigenvalue weighted by atomic mass is 10.2. The van der Waals surface area contributed by atoms with Crippen LogP contribution in [0.25, 0.3) is 0 Å². The van der Waals surface area contributed by atoms with E-state index in [-0.39, 0.29) is 18.0 Å². The van der Waals surface area contributed by atoms with Gasteiger partial charge in [0.2, 0.25) is 10.0 Å². The average Bonchev–Trinajstić information content (AvgIpc) is 2.83. The number of halogens is 2. The van der Waals surface area contributed by atoms with Crippen LogP contribution in [0.4, 0.5) is 0 Å². The van der Waals surface area contributed by atoms with Crippen molar-refractivity contribution in [2.45, 2.75) is 18.0 Å². The monoisotopic (exact) mass is 395 g/mol. The minimum Gasteiger partial charge on any atom is -0.392 e. The lowest BCUT2D eigenvalue weighted by molar-refractivity contribution is 0.281. The van der Waals surface area contributed by atoms with Crippen molar-refractivity contribution in [3.63, 3.8) is 0 Å². The van der Waals surface area contributed by atoms with Crippen LogP contribution in [-0.2, 0) is 23.2 Å². The molecule has 1 aromatic carbocycles. The molecule has 0 saturated heterocycles. The van der Waals surface area contributed by atoms with E-state index in [4.69, 9.17) is 16.7 Å². The largest absolute Gasteiger partial charge is 0.392 e. The van der Waals surface area contributed by atoms with E-state index in [1.54, 1.807) is 24.3 Å². The van der Waals surface area contributed by atoms with E-state index in [9.17, 15) is 8.42 Å². The van der Waals surface area contributed by atoms with Gasteiger partial charge in [0.25, 0.3) is 0 Å². The van der Waals surface area contributed by atoms with Gasteiger partial charge in [0.1, 0.15) is 0 Å². The highest BCUT2D eigenvalue weighted by Crippen LogP contribution is 2.25. The van der Waals surface area contributed by atoms with Crippen molar-refractivity contribution in [1.82, 2.24) is 4.72 Å². The van der Waals surface area contributed by atoms with Gasteiger partial charge in [-0.3, -0.25) is 0 Å². The number of hydrogen-bond donors (Lipinski definition) is 2. The fourth-order valence-electron chi connectivity index (χ4n) is 1.54. The first-order valence-corrected chi connectivity index (χ1v) is 9.02. The zero-order chi connectivity index (χ0) is 14.8. The number of aliphatic hydroxyl groups is 1. The van der Waals surface area contributed by atoms with Crippen molar-refractivity contribution in [2.24, 2.45) is 0 Å². The Kier molecular flexibility index (Phi) is 5.22. The van der Waals surface area contributed by atoms with E-state index in [0.29, 0.717) is 14.4 Å². The summed E-state index contributed by atoms with van der Waals surface area (Å²) in [5.74, 6) is 0. The van der Waals surface area contributed by atoms with Crippen LogP contribution < -0.4 is 4.72 Å². The molecular weight excluding hydrogens is 386 g/mol. The number of aliphatic hydroxyl groups excluding tert-OH is 1. The predicted octanol–water partition coefficient (Wildman–Crippen LogP) is 3.13. The Morgan fingerprint density at radius 2 is 2.05 bits per heavy atom. The van der Waals surface area contributed by atoms with Crippen LogP contribution >= 0.6 is 38.9 Å². The molecule has 2 aromatic rings. The van der Waals surface area contributed by atoms with Gasteiger partial charge in [-0.05, 0) is 45.8 Å². The first-order chi connectivity index (χ1) is 9.42. The fraction of sp³-hybridized carbons (Fsp3) is 0.167. The van der Waals surface area contributed by atoms with Gasteiger partial charge in [-0.2, -0.15) is 0 Å². The highest BCUT2D eigenvalue weighted by atomic mass is 79.9. The molecule has 20 heavy (non-hydrogen) atoms. The maximum atomic E-state index is 12.3. The molecule has 0 saturated carbocycles. The Morgan fingerprint density at radius 1 is 1.30 bits per heavy atom. The Bertz CT molecular complexity index is 715. The van der Waals surface area contributed by atoms with E-state index in [2.05, 4.69) is 20.7 Å². The van der Waals surface area contributed by atoms with Crippen LogP contribution in [0, 0.1) is 0 Å². The van der Waals surface area contributed by atoms with Crippen molar-refractivity contribution in [3.05, 3.63) is 49.6 Å². The topological polar surface area (TPSA) is 66.4 Å². The van der Waals surface area contributed by atoms with Crippen LogP contribution in [0.3, 0.4) is 0 Å². The van der Waals surface area contributed by atoms with E-state index in [1.807, 2.05) is 0 Å². The fourth-order valence-corrected chi connectivity index (χ4v) is 4.68. The maximum Gasteiger partial charge on any atom is 0.242 e. The first-order valence-electron chi connectivity index (χ1n) is 5.55. The average molecular weight is 397 g/mol. The van der Waals surface area contributed by atoms with Crippen LogP contribution in [0.2, 0.25) is 4.34 Å². The Morgan fingerprint density at radius 3 is 2.65 bits per heavy atom. The molecule has 0 atom stereocenters. The second-order valence-electron chi connectivity index (χ2n) is 3.95. The molecule has 0 bridgehead atoms. The van der Waals surface area contributed by atoms with E-state index >= 15 is 0 Å². The molecule has 0 aliphatic rings. The standard InChI is InChI=1S/C12H11BrClNO3S2/c13-10-3-1-8(7-16)5-11(10)20(17,18)15-6-9-2-4-12(14)19-9/h1-5,15-16H,6-7H2. The van der Waals surface area contributed by atoms with E-state index in [1.165, 1.54) is 17.4 Å². The summed E-state index contributed by atoms with van der Waals surface area (Å²) >= 11 is 10.3. The minimum absolute atomic E-state index is 0.103. The number of sulfonamides is 1. The zero-order valence-corrected chi connectivity index (χ0v) is 14.1. The SMILES string of the molecule is O=S(=O)(NCc1ccc(Cl)s1)c1cc(CO)ccc1Br. The van der Waals surface area contributed by atoms with Gasteiger partial charge < -0.3 is 5.11 Å². The molecule has 0 amide bonds. The van der Waals surface area contributed by atoms with Gasteiger partial charge in [-0.15, -0.1) is 11.3 Å². The summed E-state index contributed by atoms with van der Waals surface area (Å²) in [4.78, 5) is 0.930. The van der Waals surface area contributed by atoms with Gasteiger partial charge >= 0.3 is 0 Å². The Balaban J connectivity index is 2.21. The van der Waals surface area contributed by atoms with Crippen molar-refractivity contribution < 1.29 is 13.5 Å². The van der Waals surface area contributed by atoms with Gasteiger partial charge in [0.05, 0.1) is 15.8 Å². The lowest BCUT2D eigenvalue weighted by Gasteiger charge is -2.09. The van der Waals surface area contributed by atoms with E-state index < -0.39 is 10.0 Å². The first kappa shape index (κ1) is 15.9. The third kappa shape index (κ3) is 3.81. The van der Waals surface area contributed by atoms with Crippen LogP contribution in [0.15, 0.2) is 39.7 Å². The van der Waals surface area contributed by atoms with Gasteiger partial charge in [-0.25, -0.2) is 13.1 Å². The molecule has 8 heteroatoms. The summed E-state index contributed by atoms with van der Waals surface area (Å²) < 4.78 is 28.1. The summed E-state index contributed by atoms with van der Waals surface area (Å²) in [6, 6.07) is 8.19. The summed E-state index contributed by atoms with van der Waals surface area (Å²) in [5, 5.41) is 9.09. The van der Waals surface area contributed by atoms with Crippen molar-refractivity contribution in [3.8, 4) is 0 Å². The molecule has 0 aliphatic heterocycles. The number of rotatable bonds is 5. The molecule has 0 radical (unpaired) electrons. The van der Waals surface area contributed by atoms with Crippen molar-refractivity contribution >= 4 is 48.9 Å². The number of benzene rings is 1. The van der Waals surface area contributed by atoms with E-state index in [0.717, 1.165) is 4.88 Å². The highest BCUT2D eigenvalue weighted by molar-refractivity contribution is 9.10. The second kappa shape index (κ2) is 6.55. The van der Waals surface area contributed by atoms with Crippen molar-refractivity contribution in [2.75, 3.05) is 0 Å². The molecular formula is C12H11BrClNO3S2. The van der Waals surface area contributed by atoms with Crippen LogP contribution in [0.1, 0.15) is 10.4 Å². The smallest absolute Gasteiger partial charge is 0.242 e. The molecule has 1 heterocycles. The summed E-state index contributed by atoms with van der Waals surface area (Å²) in [7, 11) is -3.66. The Hall–Kier alpha value is -0.440. The molecule has 0 spiro atoms. The number of nitrogens with one attached hydrogen (secondary N) is 1. The lowest BCUT2D eigenvalue weighted by Crippen LogP contribution is -2.23. The molecule has 0 aliphatic carbocycles. The van der Waals surface area contributed by atoms with Gasteiger partial charge in [-0.1, -0.05) is 17.7 Å². The molecule has 0 fully saturated rings. The minimum atomic E-state index is -3.66.